The fraction of sp³-hybridized carbons (Fsp3) is 0.292. The van der Waals surface area contributed by atoms with Crippen LogP contribution in [0.4, 0.5) is 8.78 Å². The number of nitrogens with one attached hydrogen (secondary N) is 1. The molecule has 0 fully saturated rings. The van der Waals surface area contributed by atoms with E-state index in [-0.39, 0.29) is 17.9 Å². The molecule has 0 amide bonds. The molecule has 0 aliphatic carbocycles. The number of fused-ring (bicyclic) bond motifs is 1. The third-order valence-electron chi connectivity index (χ3n) is 5.06. The maximum Gasteiger partial charge on any atom is 0.199 e. The SMILES string of the molecule is C=Cc1ccc(Oc2c(F)cc3c(ccn3COCC[Si](C)(C)C)c2F)cc1C(=N)SC. The molecule has 4 nitrogen and oxygen atoms in total. The number of thioether (sulfide) groups is 1. The van der Waals surface area contributed by atoms with Crippen molar-refractivity contribution in [2.75, 3.05) is 12.9 Å². The van der Waals surface area contributed by atoms with Crippen LogP contribution in [0.2, 0.25) is 25.7 Å². The Bertz CT molecular complexity index is 1160. The standard InChI is InChI=1S/C24H28F2N2O2SSi/c1-6-16-7-8-17(13-19(16)24(27)31-2)30-23-20(25)14-21-18(22(23)26)9-10-28(21)15-29-11-12-32(3,4)5/h6-10,13-14,27H,1,11-12,15H2,2-5H3. The lowest BCUT2D eigenvalue weighted by Crippen LogP contribution is -2.21. The summed E-state index contributed by atoms with van der Waals surface area (Å²) in [6.07, 6.45) is 5.10. The number of hydrogen-bond acceptors (Lipinski definition) is 4. The van der Waals surface area contributed by atoms with E-state index in [1.165, 1.54) is 17.8 Å². The molecule has 1 N–H and O–H groups in total. The van der Waals surface area contributed by atoms with Gasteiger partial charge in [0.05, 0.1) is 10.6 Å². The zero-order valence-corrected chi connectivity index (χ0v) is 20.6. The van der Waals surface area contributed by atoms with Crippen LogP contribution in [-0.4, -0.2) is 30.5 Å². The molecule has 0 aliphatic heterocycles. The molecule has 1 heterocycles. The van der Waals surface area contributed by atoms with Crippen molar-refractivity contribution in [3.05, 3.63) is 65.9 Å². The third-order valence-corrected chi connectivity index (χ3v) is 7.40. The molecule has 0 radical (unpaired) electrons. The van der Waals surface area contributed by atoms with Gasteiger partial charge >= 0.3 is 0 Å². The quantitative estimate of drug-likeness (QED) is 0.153. The zero-order valence-electron chi connectivity index (χ0n) is 18.8. The van der Waals surface area contributed by atoms with Crippen LogP contribution in [0.15, 0.2) is 43.1 Å². The van der Waals surface area contributed by atoms with Gasteiger partial charge in [0.1, 0.15) is 12.5 Å². The Labute approximate surface area is 192 Å². The Hall–Kier alpha value is -2.42. The number of benzene rings is 2. The van der Waals surface area contributed by atoms with Gasteiger partial charge in [0.15, 0.2) is 17.4 Å². The number of halogens is 2. The molecule has 2 aromatic carbocycles. The zero-order chi connectivity index (χ0) is 23.5. The second kappa shape index (κ2) is 10.0. The largest absolute Gasteiger partial charge is 0.451 e. The van der Waals surface area contributed by atoms with Gasteiger partial charge < -0.3 is 14.0 Å². The molecule has 0 atom stereocenters. The minimum Gasteiger partial charge on any atom is -0.451 e. The Morgan fingerprint density at radius 1 is 1.22 bits per heavy atom. The average molecular weight is 475 g/mol. The average Bonchev–Trinajstić information content (AvgIpc) is 3.15. The number of aromatic nitrogens is 1. The van der Waals surface area contributed by atoms with Crippen LogP contribution in [-0.2, 0) is 11.5 Å². The first-order valence-corrected chi connectivity index (χ1v) is 15.2. The summed E-state index contributed by atoms with van der Waals surface area (Å²) >= 11 is 1.26. The van der Waals surface area contributed by atoms with Gasteiger partial charge in [-0.05, 0) is 36.1 Å². The molecule has 1 aromatic heterocycles. The first kappa shape index (κ1) is 24.2. The molecular weight excluding hydrogens is 446 g/mol. The lowest BCUT2D eigenvalue weighted by molar-refractivity contribution is 0.0902. The van der Waals surface area contributed by atoms with Crippen LogP contribution in [0.3, 0.4) is 0 Å². The normalized spacial score (nSPS) is 11.7. The Morgan fingerprint density at radius 3 is 2.62 bits per heavy atom. The van der Waals surface area contributed by atoms with Crippen LogP contribution in [0.25, 0.3) is 17.0 Å². The fourth-order valence-electron chi connectivity index (χ4n) is 3.19. The van der Waals surface area contributed by atoms with Crippen molar-refractivity contribution in [2.45, 2.75) is 32.4 Å². The second-order valence-electron chi connectivity index (χ2n) is 8.66. The highest BCUT2D eigenvalue weighted by molar-refractivity contribution is 8.13. The van der Waals surface area contributed by atoms with E-state index in [0.717, 1.165) is 11.6 Å². The van der Waals surface area contributed by atoms with E-state index >= 15 is 4.39 Å². The minimum absolute atomic E-state index is 0.232. The fourth-order valence-corrected chi connectivity index (χ4v) is 4.35. The Balaban J connectivity index is 1.86. The van der Waals surface area contributed by atoms with Crippen molar-refractivity contribution in [2.24, 2.45) is 0 Å². The monoisotopic (exact) mass is 474 g/mol. The van der Waals surface area contributed by atoms with Gasteiger partial charge in [0.25, 0.3) is 0 Å². The molecule has 3 aromatic rings. The highest BCUT2D eigenvalue weighted by atomic mass is 32.2. The summed E-state index contributed by atoms with van der Waals surface area (Å²) in [5, 5.41) is 8.67. The number of nitrogens with zero attached hydrogens (tertiary/aromatic N) is 1. The van der Waals surface area contributed by atoms with E-state index in [1.807, 2.05) is 0 Å². The summed E-state index contributed by atoms with van der Waals surface area (Å²) in [7, 11) is -1.21. The maximum atomic E-state index is 15.2. The number of ether oxygens (including phenoxy) is 2. The van der Waals surface area contributed by atoms with E-state index < -0.39 is 25.5 Å². The first-order valence-electron chi connectivity index (χ1n) is 10.3. The lowest BCUT2D eigenvalue weighted by Gasteiger charge is -2.16. The van der Waals surface area contributed by atoms with Crippen molar-refractivity contribution in [3.8, 4) is 11.5 Å². The third kappa shape index (κ3) is 5.49. The summed E-state index contributed by atoms with van der Waals surface area (Å²) in [6, 6.07) is 8.79. The van der Waals surface area contributed by atoms with Crippen molar-refractivity contribution in [1.82, 2.24) is 4.57 Å². The summed E-state index contributed by atoms with van der Waals surface area (Å²) in [5.74, 6) is -1.79. The minimum atomic E-state index is -1.21. The smallest absolute Gasteiger partial charge is 0.199 e. The summed E-state index contributed by atoms with van der Waals surface area (Å²) < 4.78 is 43.0. The van der Waals surface area contributed by atoms with E-state index in [0.29, 0.717) is 22.7 Å². The van der Waals surface area contributed by atoms with Crippen LogP contribution in [0.5, 0.6) is 11.5 Å². The van der Waals surface area contributed by atoms with Gasteiger partial charge in [-0.3, -0.25) is 5.41 Å². The Kier molecular flexibility index (Phi) is 7.58. The van der Waals surface area contributed by atoms with Crippen LogP contribution >= 0.6 is 11.8 Å². The maximum absolute atomic E-state index is 15.2. The van der Waals surface area contributed by atoms with Crippen molar-refractivity contribution in [1.29, 1.82) is 5.41 Å². The number of hydrogen-bond donors (Lipinski definition) is 1. The second-order valence-corrected chi connectivity index (χ2v) is 15.1. The van der Waals surface area contributed by atoms with E-state index in [9.17, 15) is 4.39 Å². The van der Waals surface area contributed by atoms with Crippen molar-refractivity contribution in [3.63, 3.8) is 0 Å². The molecule has 170 valence electrons. The lowest BCUT2D eigenvalue weighted by atomic mass is 10.1. The van der Waals surface area contributed by atoms with Gasteiger partial charge in [0, 0.05) is 37.9 Å². The van der Waals surface area contributed by atoms with Gasteiger partial charge in [-0.25, -0.2) is 8.78 Å². The highest BCUT2D eigenvalue weighted by Crippen LogP contribution is 2.35. The van der Waals surface area contributed by atoms with Gasteiger partial charge in [-0.15, -0.1) is 11.8 Å². The van der Waals surface area contributed by atoms with Crippen molar-refractivity contribution < 1.29 is 18.3 Å². The van der Waals surface area contributed by atoms with E-state index in [4.69, 9.17) is 14.9 Å². The summed E-state index contributed by atoms with van der Waals surface area (Å²) in [4.78, 5) is 0. The summed E-state index contributed by atoms with van der Waals surface area (Å²) in [5.41, 5.74) is 1.75. The molecular formula is C24H28F2N2O2SSi. The Morgan fingerprint density at radius 2 is 1.97 bits per heavy atom. The molecule has 0 saturated carbocycles. The van der Waals surface area contributed by atoms with Crippen molar-refractivity contribution >= 4 is 41.9 Å². The van der Waals surface area contributed by atoms with Gasteiger partial charge in [-0.1, -0.05) is 38.4 Å². The molecule has 32 heavy (non-hydrogen) atoms. The highest BCUT2D eigenvalue weighted by Gasteiger charge is 2.19. The van der Waals surface area contributed by atoms with E-state index in [1.54, 1.807) is 47.4 Å². The summed E-state index contributed by atoms with van der Waals surface area (Å²) in [6.45, 7) is 11.4. The van der Waals surface area contributed by atoms with Crippen LogP contribution in [0, 0.1) is 17.0 Å². The predicted octanol–water partition coefficient (Wildman–Crippen LogP) is 7.36. The van der Waals surface area contributed by atoms with E-state index in [2.05, 4.69) is 26.2 Å². The molecule has 0 aliphatic rings. The predicted molar refractivity (Wildman–Crippen MR) is 133 cm³/mol. The first-order chi connectivity index (χ1) is 15.1. The molecule has 0 saturated heterocycles. The molecule has 8 heteroatoms. The molecule has 0 unspecified atom stereocenters. The molecule has 0 bridgehead atoms. The molecule has 0 spiro atoms. The number of rotatable bonds is 9. The topological polar surface area (TPSA) is 47.2 Å². The van der Waals surface area contributed by atoms with Gasteiger partial charge in [-0.2, -0.15) is 0 Å². The van der Waals surface area contributed by atoms with Gasteiger partial charge in [0.2, 0.25) is 0 Å². The molecule has 3 rings (SSSR count). The van der Waals surface area contributed by atoms with Crippen LogP contribution < -0.4 is 4.74 Å². The van der Waals surface area contributed by atoms with Crippen LogP contribution in [0.1, 0.15) is 11.1 Å².